The first-order valence-corrected chi connectivity index (χ1v) is 9.83. The summed E-state index contributed by atoms with van der Waals surface area (Å²) in [6.07, 6.45) is 3.14. The fraction of sp³-hybridized carbons (Fsp3) is 0.125. The second-order valence-corrected chi connectivity index (χ2v) is 7.22. The summed E-state index contributed by atoms with van der Waals surface area (Å²) in [5.41, 5.74) is 1.42. The lowest BCUT2D eigenvalue weighted by Crippen LogP contribution is -2.29. The molecule has 1 unspecified atom stereocenters. The number of ketones is 1. The van der Waals surface area contributed by atoms with Crippen LogP contribution in [-0.2, 0) is 9.59 Å². The number of Topliss-reactive ketones (excluding diaryl/α,β-unsaturated/α-hetero) is 1. The van der Waals surface area contributed by atoms with Crippen molar-refractivity contribution in [3.63, 3.8) is 0 Å². The Morgan fingerprint density at radius 2 is 1.84 bits per heavy atom. The summed E-state index contributed by atoms with van der Waals surface area (Å²) < 4.78 is 16.0. The van der Waals surface area contributed by atoms with E-state index in [1.54, 1.807) is 67.0 Å². The van der Waals surface area contributed by atoms with Gasteiger partial charge >= 0.3 is 0 Å². The summed E-state index contributed by atoms with van der Waals surface area (Å²) in [4.78, 5) is 31.7. The SMILES string of the molecule is COc1cccc(N2C(=O)C(=O)/C(=C(\O)c3ccc4c(c3)OCO4)C2c2ccncc2)c1. The summed E-state index contributed by atoms with van der Waals surface area (Å²) in [5.74, 6) is -0.296. The number of aromatic nitrogens is 1. The average molecular weight is 430 g/mol. The van der Waals surface area contributed by atoms with Gasteiger partial charge in [0, 0.05) is 29.7 Å². The molecule has 160 valence electrons. The smallest absolute Gasteiger partial charge is 0.300 e. The molecule has 0 radical (unpaired) electrons. The lowest BCUT2D eigenvalue weighted by atomic mass is 9.95. The zero-order chi connectivity index (χ0) is 22.2. The number of ether oxygens (including phenoxy) is 3. The van der Waals surface area contributed by atoms with Crippen molar-refractivity contribution in [1.29, 1.82) is 0 Å². The van der Waals surface area contributed by atoms with Crippen molar-refractivity contribution in [2.24, 2.45) is 0 Å². The van der Waals surface area contributed by atoms with Crippen molar-refractivity contribution in [3.8, 4) is 17.2 Å². The van der Waals surface area contributed by atoms with Gasteiger partial charge in [0.25, 0.3) is 11.7 Å². The maximum atomic E-state index is 13.2. The van der Waals surface area contributed by atoms with Gasteiger partial charge in [-0.15, -0.1) is 0 Å². The second kappa shape index (κ2) is 7.73. The van der Waals surface area contributed by atoms with Crippen molar-refractivity contribution in [2.45, 2.75) is 6.04 Å². The van der Waals surface area contributed by atoms with Crippen LogP contribution in [0.4, 0.5) is 5.69 Å². The molecule has 8 heteroatoms. The second-order valence-electron chi connectivity index (χ2n) is 7.22. The maximum absolute atomic E-state index is 13.2. The normalized spacial score (nSPS) is 18.8. The number of rotatable bonds is 4. The average Bonchev–Trinajstić information content (AvgIpc) is 3.41. The monoisotopic (exact) mass is 430 g/mol. The third kappa shape index (κ3) is 3.13. The third-order valence-electron chi connectivity index (χ3n) is 5.44. The van der Waals surface area contributed by atoms with Gasteiger partial charge in [0.1, 0.15) is 11.5 Å². The Morgan fingerprint density at radius 1 is 1.06 bits per heavy atom. The number of carbonyl (C=O) groups is 2. The number of amides is 1. The van der Waals surface area contributed by atoms with Crippen LogP contribution in [0.2, 0.25) is 0 Å². The molecule has 3 heterocycles. The summed E-state index contributed by atoms with van der Waals surface area (Å²) in [5, 5.41) is 11.2. The molecule has 1 aromatic heterocycles. The molecule has 2 aliphatic heterocycles. The van der Waals surface area contributed by atoms with Crippen LogP contribution >= 0.6 is 0 Å². The largest absolute Gasteiger partial charge is 0.507 e. The van der Waals surface area contributed by atoms with Gasteiger partial charge in [-0.05, 0) is 48.0 Å². The first-order valence-electron chi connectivity index (χ1n) is 9.83. The third-order valence-corrected chi connectivity index (χ3v) is 5.44. The molecule has 1 saturated heterocycles. The predicted molar refractivity (Wildman–Crippen MR) is 115 cm³/mol. The Labute approximate surface area is 183 Å². The van der Waals surface area contributed by atoms with Crippen LogP contribution in [0.1, 0.15) is 17.2 Å². The molecule has 0 bridgehead atoms. The highest BCUT2D eigenvalue weighted by molar-refractivity contribution is 6.51. The zero-order valence-corrected chi connectivity index (χ0v) is 17.0. The molecule has 1 fully saturated rings. The number of pyridine rings is 1. The van der Waals surface area contributed by atoms with E-state index < -0.39 is 17.7 Å². The van der Waals surface area contributed by atoms with Crippen LogP contribution in [0.3, 0.4) is 0 Å². The van der Waals surface area contributed by atoms with Crippen LogP contribution < -0.4 is 19.1 Å². The number of carbonyl (C=O) groups excluding carboxylic acids is 2. The van der Waals surface area contributed by atoms with E-state index in [4.69, 9.17) is 14.2 Å². The number of aliphatic hydroxyl groups excluding tert-OH is 1. The minimum Gasteiger partial charge on any atom is -0.507 e. The highest BCUT2D eigenvalue weighted by Gasteiger charge is 2.47. The van der Waals surface area contributed by atoms with E-state index in [0.717, 1.165) is 0 Å². The van der Waals surface area contributed by atoms with Gasteiger partial charge in [0.05, 0.1) is 18.7 Å². The first kappa shape index (κ1) is 19.6. The molecule has 0 spiro atoms. The highest BCUT2D eigenvalue weighted by Crippen LogP contribution is 2.43. The number of benzene rings is 2. The minimum atomic E-state index is -0.851. The Morgan fingerprint density at radius 3 is 2.62 bits per heavy atom. The topological polar surface area (TPSA) is 98.2 Å². The van der Waals surface area contributed by atoms with Crippen molar-refractivity contribution in [3.05, 3.63) is 83.7 Å². The molecule has 0 aliphatic carbocycles. The minimum absolute atomic E-state index is 0.0251. The van der Waals surface area contributed by atoms with Gasteiger partial charge in [-0.25, -0.2) is 0 Å². The van der Waals surface area contributed by atoms with E-state index in [9.17, 15) is 14.7 Å². The van der Waals surface area contributed by atoms with E-state index in [2.05, 4.69) is 4.98 Å². The lowest BCUT2D eigenvalue weighted by molar-refractivity contribution is -0.132. The van der Waals surface area contributed by atoms with Crippen molar-refractivity contribution < 1.29 is 28.9 Å². The molecule has 5 rings (SSSR count). The predicted octanol–water partition coefficient (Wildman–Crippen LogP) is 3.45. The number of methoxy groups -OCH3 is 1. The van der Waals surface area contributed by atoms with Crippen molar-refractivity contribution >= 4 is 23.1 Å². The van der Waals surface area contributed by atoms with Crippen LogP contribution in [0.5, 0.6) is 17.2 Å². The Balaban J connectivity index is 1.69. The molecule has 1 atom stereocenters. The molecular formula is C24H18N2O6. The molecule has 1 N–H and O–H groups in total. The van der Waals surface area contributed by atoms with E-state index in [0.29, 0.717) is 34.1 Å². The number of nitrogens with zero attached hydrogens (tertiary/aromatic N) is 2. The van der Waals surface area contributed by atoms with E-state index in [1.807, 2.05) is 0 Å². The Hall–Kier alpha value is -4.33. The Kier molecular flexibility index (Phi) is 4.74. The molecular weight excluding hydrogens is 412 g/mol. The van der Waals surface area contributed by atoms with Gasteiger partial charge in [-0.1, -0.05) is 6.07 Å². The summed E-state index contributed by atoms with van der Waals surface area (Å²) in [7, 11) is 1.52. The number of fused-ring (bicyclic) bond motifs is 1. The van der Waals surface area contributed by atoms with E-state index in [1.165, 1.54) is 12.0 Å². The molecule has 3 aromatic rings. The highest BCUT2D eigenvalue weighted by atomic mass is 16.7. The van der Waals surface area contributed by atoms with Gasteiger partial charge in [0.2, 0.25) is 6.79 Å². The molecule has 8 nitrogen and oxygen atoms in total. The fourth-order valence-corrected chi connectivity index (χ4v) is 3.92. The summed E-state index contributed by atoms with van der Waals surface area (Å²) in [6.45, 7) is 0.0802. The molecule has 2 aromatic carbocycles. The van der Waals surface area contributed by atoms with Gasteiger partial charge in [-0.2, -0.15) is 0 Å². The first-order chi connectivity index (χ1) is 15.6. The van der Waals surface area contributed by atoms with Crippen molar-refractivity contribution in [2.75, 3.05) is 18.8 Å². The van der Waals surface area contributed by atoms with Crippen LogP contribution in [0.25, 0.3) is 5.76 Å². The van der Waals surface area contributed by atoms with Crippen LogP contribution in [-0.4, -0.2) is 35.7 Å². The standard InChI is InChI=1S/C24H18N2O6/c1-30-17-4-2-3-16(12-17)26-21(14-7-9-25-10-8-14)20(23(28)24(26)29)22(27)15-5-6-18-19(11-15)32-13-31-18/h2-12,21,27H,13H2,1H3/b22-20-. The Bertz CT molecular complexity index is 1250. The summed E-state index contributed by atoms with van der Waals surface area (Å²) >= 11 is 0. The van der Waals surface area contributed by atoms with Crippen molar-refractivity contribution in [1.82, 2.24) is 4.98 Å². The van der Waals surface area contributed by atoms with Gasteiger partial charge in [-0.3, -0.25) is 19.5 Å². The van der Waals surface area contributed by atoms with Crippen LogP contribution in [0, 0.1) is 0 Å². The summed E-state index contributed by atoms with van der Waals surface area (Å²) in [6, 6.07) is 14.3. The van der Waals surface area contributed by atoms with E-state index >= 15 is 0 Å². The number of anilines is 1. The molecule has 2 aliphatic rings. The zero-order valence-electron chi connectivity index (χ0n) is 17.0. The van der Waals surface area contributed by atoms with E-state index in [-0.39, 0.29) is 18.1 Å². The lowest BCUT2D eigenvalue weighted by Gasteiger charge is -2.25. The fourth-order valence-electron chi connectivity index (χ4n) is 3.92. The molecule has 0 saturated carbocycles. The van der Waals surface area contributed by atoms with Crippen LogP contribution in [0.15, 0.2) is 72.6 Å². The van der Waals surface area contributed by atoms with Gasteiger partial charge < -0.3 is 19.3 Å². The number of hydrogen-bond donors (Lipinski definition) is 1. The molecule has 32 heavy (non-hydrogen) atoms. The molecule has 1 amide bonds. The number of hydrogen-bond acceptors (Lipinski definition) is 7. The quantitative estimate of drug-likeness (QED) is 0.385. The van der Waals surface area contributed by atoms with Gasteiger partial charge in [0.15, 0.2) is 11.5 Å². The number of aliphatic hydroxyl groups is 1. The maximum Gasteiger partial charge on any atom is 0.300 e.